The molecule has 0 radical (unpaired) electrons. The minimum atomic E-state index is 0.0319. The summed E-state index contributed by atoms with van der Waals surface area (Å²) in [6.45, 7) is 5.51. The summed E-state index contributed by atoms with van der Waals surface area (Å²) < 4.78 is 5.63. The van der Waals surface area contributed by atoms with Crippen molar-refractivity contribution in [1.82, 2.24) is 10.2 Å². The van der Waals surface area contributed by atoms with Gasteiger partial charge in [0.15, 0.2) is 0 Å². The summed E-state index contributed by atoms with van der Waals surface area (Å²) in [7, 11) is 1.91. The monoisotopic (exact) mass is 277 g/mol. The highest BCUT2D eigenvalue weighted by atomic mass is 16.5. The molecule has 1 heterocycles. The van der Waals surface area contributed by atoms with Crippen molar-refractivity contribution < 1.29 is 9.53 Å². The Morgan fingerprint density at radius 1 is 1.45 bits per heavy atom. The van der Waals surface area contributed by atoms with Gasteiger partial charge in [-0.2, -0.15) is 0 Å². The molecule has 1 aromatic rings. The van der Waals surface area contributed by atoms with Crippen molar-refractivity contribution in [3.63, 3.8) is 0 Å². The lowest BCUT2D eigenvalue weighted by atomic mass is 10.2. The summed E-state index contributed by atoms with van der Waals surface area (Å²) in [5.41, 5.74) is 1.97. The molecule has 5 heteroatoms. The summed E-state index contributed by atoms with van der Waals surface area (Å²) in [5, 5.41) is 6.07. The Bertz CT molecular complexity index is 448. The summed E-state index contributed by atoms with van der Waals surface area (Å²) in [6, 6.07) is 7.82. The lowest BCUT2D eigenvalue weighted by Gasteiger charge is -2.32. The van der Waals surface area contributed by atoms with Crippen LogP contribution in [0.1, 0.15) is 5.56 Å². The number of morpholine rings is 1. The fourth-order valence-corrected chi connectivity index (χ4v) is 2.38. The lowest BCUT2D eigenvalue weighted by Crippen LogP contribution is -2.48. The summed E-state index contributed by atoms with van der Waals surface area (Å²) in [6.07, 6.45) is 0.167. The topological polar surface area (TPSA) is 53.6 Å². The largest absolute Gasteiger partial charge is 0.374 e. The second kappa shape index (κ2) is 7.38. The van der Waals surface area contributed by atoms with Gasteiger partial charge in [0, 0.05) is 25.3 Å². The van der Waals surface area contributed by atoms with Crippen molar-refractivity contribution >= 4 is 11.6 Å². The van der Waals surface area contributed by atoms with Crippen LogP contribution in [0.4, 0.5) is 5.69 Å². The van der Waals surface area contributed by atoms with Crippen LogP contribution in [0.3, 0.4) is 0 Å². The minimum absolute atomic E-state index is 0.0319. The number of nitrogens with one attached hydrogen (secondary N) is 2. The van der Waals surface area contributed by atoms with Gasteiger partial charge in [-0.25, -0.2) is 0 Å². The number of nitrogens with zero attached hydrogens (tertiary/aromatic N) is 1. The molecule has 1 atom stereocenters. The number of carbonyl (C=O) groups excluding carboxylic acids is 1. The summed E-state index contributed by atoms with van der Waals surface area (Å²) in [4.78, 5) is 14.2. The van der Waals surface area contributed by atoms with Gasteiger partial charge in [-0.1, -0.05) is 18.2 Å². The number of hydrogen-bond donors (Lipinski definition) is 2. The van der Waals surface area contributed by atoms with Crippen LogP contribution in [-0.4, -0.2) is 56.7 Å². The molecule has 1 aliphatic rings. The molecule has 2 N–H and O–H groups in total. The maximum Gasteiger partial charge on any atom is 0.238 e. The standard InChI is InChI=1S/C15H23N3O2/c1-12-5-3-4-6-14(12)17-15(19)11-18-7-8-20-13(10-18)9-16-2/h3-6,13,16H,7-11H2,1-2H3,(H,17,19). The van der Waals surface area contributed by atoms with Crippen LogP contribution < -0.4 is 10.6 Å². The number of anilines is 1. The van der Waals surface area contributed by atoms with E-state index in [4.69, 9.17) is 4.74 Å². The summed E-state index contributed by atoms with van der Waals surface area (Å²) in [5.74, 6) is 0.0319. The molecular formula is C15H23N3O2. The molecule has 1 aromatic carbocycles. The van der Waals surface area contributed by atoms with Crippen LogP contribution in [0, 0.1) is 6.92 Å². The fraction of sp³-hybridized carbons (Fsp3) is 0.533. The van der Waals surface area contributed by atoms with Gasteiger partial charge in [0.2, 0.25) is 5.91 Å². The second-order valence-electron chi connectivity index (χ2n) is 5.15. The van der Waals surface area contributed by atoms with E-state index >= 15 is 0 Å². The Morgan fingerprint density at radius 2 is 2.25 bits per heavy atom. The zero-order chi connectivity index (χ0) is 14.4. The van der Waals surface area contributed by atoms with E-state index in [2.05, 4.69) is 15.5 Å². The summed E-state index contributed by atoms with van der Waals surface area (Å²) >= 11 is 0. The first-order valence-corrected chi connectivity index (χ1v) is 7.03. The Kier molecular flexibility index (Phi) is 5.52. The first-order valence-electron chi connectivity index (χ1n) is 7.03. The predicted molar refractivity (Wildman–Crippen MR) is 79.9 cm³/mol. The third kappa shape index (κ3) is 4.30. The van der Waals surface area contributed by atoms with Crippen molar-refractivity contribution in [3.8, 4) is 0 Å². The molecule has 0 aliphatic carbocycles. The van der Waals surface area contributed by atoms with Crippen molar-refractivity contribution in [3.05, 3.63) is 29.8 Å². The highest BCUT2D eigenvalue weighted by Crippen LogP contribution is 2.13. The molecule has 1 amide bonds. The number of hydrogen-bond acceptors (Lipinski definition) is 4. The molecule has 20 heavy (non-hydrogen) atoms. The smallest absolute Gasteiger partial charge is 0.238 e. The van der Waals surface area contributed by atoms with Crippen LogP contribution in [-0.2, 0) is 9.53 Å². The number of amides is 1. The normalized spacial score (nSPS) is 19.8. The van der Waals surface area contributed by atoms with Gasteiger partial charge < -0.3 is 15.4 Å². The first kappa shape index (κ1) is 15.0. The van der Waals surface area contributed by atoms with Gasteiger partial charge in [0.05, 0.1) is 19.3 Å². The van der Waals surface area contributed by atoms with Crippen molar-refractivity contribution in [2.24, 2.45) is 0 Å². The second-order valence-corrected chi connectivity index (χ2v) is 5.15. The first-order chi connectivity index (χ1) is 9.69. The molecule has 0 aromatic heterocycles. The molecule has 1 saturated heterocycles. The Hall–Kier alpha value is -1.43. The van der Waals surface area contributed by atoms with Gasteiger partial charge in [0.1, 0.15) is 0 Å². The maximum atomic E-state index is 12.1. The van der Waals surface area contributed by atoms with Gasteiger partial charge in [0.25, 0.3) is 0 Å². The average Bonchev–Trinajstić information content (AvgIpc) is 2.42. The molecule has 1 aliphatic heterocycles. The van der Waals surface area contributed by atoms with E-state index in [1.165, 1.54) is 0 Å². The van der Waals surface area contributed by atoms with Gasteiger partial charge in [-0.3, -0.25) is 9.69 Å². The molecule has 1 unspecified atom stereocenters. The van der Waals surface area contributed by atoms with Crippen LogP contribution in [0.2, 0.25) is 0 Å². The number of ether oxygens (including phenoxy) is 1. The van der Waals surface area contributed by atoms with E-state index in [1.807, 2.05) is 38.2 Å². The van der Waals surface area contributed by atoms with E-state index in [0.29, 0.717) is 13.2 Å². The quantitative estimate of drug-likeness (QED) is 0.838. The zero-order valence-electron chi connectivity index (χ0n) is 12.2. The van der Waals surface area contributed by atoms with Crippen LogP contribution in [0.15, 0.2) is 24.3 Å². The van der Waals surface area contributed by atoms with Crippen molar-refractivity contribution in [2.75, 3.05) is 45.2 Å². The number of carbonyl (C=O) groups is 1. The predicted octanol–water partition coefficient (Wildman–Crippen LogP) is 0.854. The van der Waals surface area contributed by atoms with Gasteiger partial charge in [-0.05, 0) is 25.6 Å². The van der Waals surface area contributed by atoms with E-state index in [1.54, 1.807) is 0 Å². The molecule has 5 nitrogen and oxygen atoms in total. The van der Waals surface area contributed by atoms with Crippen LogP contribution in [0.5, 0.6) is 0 Å². The number of aryl methyl sites for hydroxylation is 1. The van der Waals surface area contributed by atoms with E-state index in [9.17, 15) is 4.79 Å². The number of rotatable bonds is 5. The van der Waals surface area contributed by atoms with Crippen LogP contribution >= 0.6 is 0 Å². The van der Waals surface area contributed by atoms with Crippen molar-refractivity contribution in [2.45, 2.75) is 13.0 Å². The third-order valence-corrected chi connectivity index (χ3v) is 3.44. The Labute approximate surface area is 120 Å². The molecule has 110 valence electrons. The number of benzene rings is 1. The highest BCUT2D eigenvalue weighted by Gasteiger charge is 2.21. The highest BCUT2D eigenvalue weighted by molar-refractivity contribution is 5.92. The molecule has 0 saturated carbocycles. The van der Waals surface area contributed by atoms with Gasteiger partial charge in [-0.15, -0.1) is 0 Å². The third-order valence-electron chi connectivity index (χ3n) is 3.44. The zero-order valence-corrected chi connectivity index (χ0v) is 12.2. The molecule has 0 bridgehead atoms. The lowest BCUT2D eigenvalue weighted by molar-refractivity contribution is -0.119. The molecule has 0 spiro atoms. The van der Waals surface area contributed by atoms with Gasteiger partial charge >= 0.3 is 0 Å². The number of para-hydroxylation sites is 1. The van der Waals surface area contributed by atoms with Crippen LogP contribution in [0.25, 0.3) is 0 Å². The molecule has 1 fully saturated rings. The minimum Gasteiger partial charge on any atom is -0.374 e. The Morgan fingerprint density at radius 3 is 3.00 bits per heavy atom. The maximum absolute atomic E-state index is 12.1. The molecule has 2 rings (SSSR count). The molecular weight excluding hydrogens is 254 g/mol. The van der Waals surface area contributed by atoms with Crippen molar-refractivity contribution in [1.29, 1.82) is 0 Å². The number of likely N-dealkylation sites (N-methyl/N-ethyl adjacent to an activating group) is 1. The average molecular weight is 277 g/mol. The van der Waals surface area contributed by atoms with E-state index in [0.717, 1.165) is 30.9 Å². The Balaban J connectivity index is 1.84. The van der Waals surface area contributed by atoms with E-state index < -0.39 is 0 Å². The SMILES string of the molecule is CNCC1CN(CC(=O)Nc2ccccc2C)CCO1. The van der Waals surface area contributed by atoms with E-state index in [-0.39, 0.29) is 12.0 Å². The fourth-order valence-electron chi connectivity index (χ4n) is 2.38.